The number of pyridine rings is 1. The summed E-state index contributed by atoms with van der Waals surface area (Å²) in [6.07, 6.45) is 6.53. The number of hydrogen-bond donors (Lipinski definition) is 2. The molecule has 31 heavy (non-hydrogen) atoms. The zero-order valence-corrected chi connectivity index (χ0v) is 18.7. The van der Waals surface area contributed by atoms with Gasteiger partial charge in [-0.05, 0) is 68.9 Å². The second kappa shape index (κ2) is 7.65. The number of rotatable bonds is 6. The first-order valence-electron chi connectivity index (χ1n) is 10.2. The lowest BCUT2D eigenvalue weighted by Gasteiger charge is -2.26. The molecule has 2 aromatic heterocycles. The van der Waals surface area contributed by atoms with Gasteiger partial charge >= 0.3 is 0 Å². The van der Waals surface area contributed by atoms with Crippen LogP contribution >= 0.6 is 0 Å². The summed E-state index contributed by atoms with van der Waals surface area (Å²) in [5.41, 5.74) is 12.2. The third kappa shape index (κ3) is 4.03. The highest BCUT2D eigenvalue weighted by Gasteiger charge is 2.26. The quantitative estimate of drug-likeness (QED) is 0.567. The van der Waals surface area contributed by atoms with Gasteiger partial charge in [0.2, 0.25) is 5.88 Å². The summed E-state index contributed by atoms with van der Waals surface area (Å²) in [6, 6.07) is 7.57. The van der Waals surface area contributed by atoms with Gasteiger partial charge in [0, 0.05) is 29.2 Å². The minimum Gasteiger partial charge on any atom is -0.475 e. The van der Waals surface area contributed by atoms with Crippen molar-refractivity contribution in [3.63, 3.8) is 0 Å². The van der Waals surface area contributed by atoms with Gasteiger partial charge in [0.15, 0.2) is 5.03 Å². The smallest absolute Gasteiger partial charge is 0.257 e. The van der Waals surface area contributed by atoms with Gasteiger partial charge in [0.1, 0.15) is 6.61 Å². The Morgan fingerprint density at radius 1 is 1.16 bits per heavy atom. The third-order valence-corrected chi connectivity index (χ3v) is 6.61. The van der Waals surface area contributed by atoms with Crippen molar-refractivity contribution in [2.24, 2.45) is 5.14 Å². The minimum atomic E-state index is -3.86. The van der Waals surface area contributed by atoms with Crippen molar-refractivity contribution in [1.29, 1.82) is 0 Å². The first-order chi connectivity index (χ1) is 14.6. The number of nitrogens with zero attached hydrogens (tertiary/aromatic N) is 3. The molecule has 9 heteroatoms. The maximum absolute atomic E-state index is 11.5. The molecule has 0 atom stereocenters. The Hall–Kier alpha value is -2.91. The van der Waals surface area contributed by atoms with Crippen molar-refractivity contribution in [3.8, 4) is 17.0 Å². The van der Waals surface area contributed by atoms with Crippen molar-refractivity contribution in [3.05, 3.63) is 53.3 Å². The first-order valence-corrected chi connectivity index (χ1v) is 11.7. The molecule has 4 rings (SSSR count). The zero-order chi connectivity index (χ0) is 22.4. The van der Waals surface area contributed by atoms with Gasteiger partial charge in [0.25, 0.3) is 10.0 Å². The molecule has 0 spiro atoms. The predicted octanol–water partition coefficient (Wildman–Crippen LogP) is 2.79. The van der Waals surface area contributed by atoms with Crippen molar-refractivity contribution < 1.29 is 13.2 Å². The third-order valence-electron chi connectivity index (χ3n) is 5.81. The van der Waals surface area contributed by atoms with Crippen molar-refractivity contribution in [2.45, 2.75) is 50.6 Å². The van der Waals surface area contributed by atoms with E-state index in [1.807, 2.05) is 26.8 Å². The number of aryl methyl sites for hydroxylation is 1. The molecule has 1 aliphatic rings. The van der Waals surface area contributed by atoms with E-state index in [0.717, 1.165) is 41.6 Å². The maximum atomic E-state index is 11.5. The fourth-order valence-electron chi connectivity index (χ4n) is 3.99. The minimum absolute atomic E-state index is 0.177. The van der Waals surface area contributed by atoms with Crippen LogP contribution in [-0.4, -0.2) is 29.8 Å². The van der Waals surface area contributed by atoms with Gasteiger partial charge in [-0.1, -0.05) is 12.1 Å². The van der Waals surface area contributed by atoms with Crippen LogP contribution in [0.4, 0.5) is 5.69 Å². The predicted molar refractivity (Wildman–Crippen MR) is 119 cm³/mol. The van der Waals surface area contributed by atoms with E-state index >= 15 is 0 Å². The summed E-state index contributed by atoms with van der Waals surface area (Å²) in [4.78, 5) is 4.40. The number of nitrogens with two attached hydrogens (primary N) is 2. The molecular formula is C22H27N5O3S. The van der Waals surface area contributed by atoms with Gasteiger partial charge < -0.3 is 10.5 Å². The highest BCUT2D eigenvalue weighted by Crippen LogP contribution is 2.38. The van der Waals surface area contributed by atoms with E-state index < -0.39 is 15.6 Å². The highest BCUT2D eigenvalue weighted by molar-refractivity contribution is 7.89. The maximum Gasteiger partial charge on any atom is 0.257 e. The van der Waals surface area contributed by atoms with Crippen LogP contribution < -0.4 is 15.6 Å². The highest BCUT2D eigenvalue weighted by atomic mass is 32.2. The van der Waals surface area contributed by atoms with E-state index in [1.165, 1.54) is 21.9 Å². The number of aromatic nitrogens is 3. The Balaban J connectivity index is 1.59. The van der Waals surface area contributed by atoms with Crippen LogP contribution in [0.5, 0.6) is 5.88 Å². The molecule has 0 unspecified atom stereocenters. The molecule has 3 aromatic rings. The average Bonchev–Trinajstić information content (AvgIpc) is 3.38. The van der Waals surface area contributed by atoms with Crippen molar-refractivity contribution >= 4 is 15.7 Å². The number of nitrogen functional groups attached to an aromatic ring is 1. The molecule has 164 valence electrons. The Kier molecular flexibility index (Phi) is 5.26. The monoisotopic (exact) mass is 441 g/mol. The van der Waals surface area contributed by atoms with E-state index in [4.69, 9.17) is 15.6 Å². The largest absolute Gasteiger partial charge is 0.475 e. The second-order valence-corrected chi connectivity index (χ2v) is 10.1. The van der Waals surface area contributed by atoms with Gasteiger partial charge in [-0.2, -0.15) is 5.10 Å². The molecule has 0 saturated heterocycles. The fraction of sp³-hybridized carbons (Fsp3) is 0.364. The lowest BCUT2D eigenvalue weighted by atomic mass is 9.96. The molecule has 8 nitrogen and oxygen atoms in total. The van der Waals surface area contributed by atoms with Crippen molar-refractivity contribution in [2.75, 3.05) is 12.3 Å². The number of sulfonamides is 1. The van der Waals surface area contributed by atoms with Gasteiger partial charge in [-0.3, -0.25) is 4.68 Å². The molecule has 0 radical (unpaired) electrons. The van der Waals surface area contributed by atoms with Gasteiger partial charge in [-0.15, -0.1) is 0 Å². The molecule has 0 fully saturated rings. The summed E-state index contributed by atoms with van der Waals surface area (Å²) in [7, 11) is -3.86. The van der Waals surface area contributed by atoms with Crippen LogP contribution in [0, 0.1) is 6.92 Å². The summed E-state index contributed by atoms with van der Waals surface area (Å²) in [5.74, 6) is 0.504. The SMILES string of the molecule is Cc1c(-c2ccc3c(c2N)CCC3)ccnc1OCC(C)(C)n1ccc(S(N)(=O)=O)n1. The van der Waals surface area contributed by atoms with E-state index in [-0.39, 0.29) is 11.6 Å². The van der Waals surface area contributed by atoms with E-state index in [9.17, 15) is 8.42 Å². The summed E-state index contributed by atoms with van der Waals surface area (Å²) >= 11 is 0. The van der Waals surface area contributed by atoms with Crippen LogP contribution in [0.3, 0.4) is 0 Å². The average molecular weight is 442 g/mol. The molecule has 1 aromatic carbocycles. The van der Waals surface area contributed by atoms with E-state index in [0.29, 0.717) is 5.88 Å². The fourth-order valence-corrected chi connectivity index (χ4v) is 4.44. The first kappa shape index (κ1) is 21.3. The second-order valence-electron chi connectivity index (χ2n) is 8.55. The van der Waals surface area contributed by atoms with Gasteiger partial charge in [-0.25, -0.2) is 18.5 Å². The lowest BCUT2D eigenvalue weighted by molar-refractivity contribution is 0.163. The van der Waals surface area contributed by atoms with Crippen LogP contribution in [0.15, 0.2) is 41.7 Å². The van der Waals surface area contributed by atoms with Crippen LogP contribution in [0.2, 0.25) is 0 Å². The molecule has 2 heterocycles. The van der Waals surface area contributed by atoms with E-state index in [2.05, 4.69) is 22.2 Å². The Morgan fingerprint density at radius 2 is 1.94 bits per heavy atom. The lowest BCUT2D eigenvalue weighted by Crippen LogP contribution is -2.34. The topological polar surface area (TPSA) is 126 Å². The molecule has 4 N–H and O–H groups in total. The van der Waals surface area contributed by atoms with E-state index in [1.54, 1.807) is 12.4 Å². The number of anilines is 1. The number of fused-ring (bicyclic) bond motifs is 1. The molecule has 0 bridgehead atoms. The summed E-state index contributed by atoms with van der Waals surface area (Å²) < 4.78 is 30.6. The standard InChI is InChI=1S/C22H27N5O3S/c1-14-16(18-8-7-15-5-4-6-17(15)20(18)23)9-11-25-21(14)30-13-22(2,3)27-12-10-19(26-27)31(24,28)29/h7-12H,4-6,13,23H2,1-3H3,(H2,24,28,29). The normalized spacial score (nSPS) is 13.9. The zero-order valence-electron chi connectivity index (χ0n) is 17.9. The van der Waals surface area contributed by atoms with Crippen LogP contribution in [0.25, 0.3) is 11.1 Å². The molecule has 1 aliphatic carbocycles. The van der Waals surface area contributed by atoms with Gasteiger partial charge in [0.05, 0.1) is 5.54 Å². The Morgan fingerprint density at radius 3 is 2.65 bits per heavy atom. The molecule has 0 amide bonds. The summed E-state index contributed by atoms with van der Waals surface area (Å²) in [5, 5.41) is 9.07. The Bertz CT molecular complexity index is 1250. The number of benzene rings is 1. The number of hydrogen-bond acceptors (Lipinski definition) is 6. The van der Waals surface area contributed by atoms with Crippen molar-refractivity contribution in [1.82, 2.24) is 14.8 Å². The van der Waals surface area contributed by atoms with Crippen LogP contribution in [-0.2, 0) is 28.4 Å². The molecular weight excluding hydrogens is 414 g/mol. The molecule has 0 saturated carbocycles. The van der Waals surface area contributed by atoms with Crippen LogP contribution in [0.1, 0.15) is 37.0 Å². The molecule has 0 aliphatic heterocycles. The Labute approximate surface area is 182 Å². The number of ether oxygens (including phenoxy) is 1. The number of primary sulfonamides is 1. The summed E-state index contributed by atoms with van der Waals surface area (Å²) in [6.45, 7) is 5.98.